The Morgan fingerprint density at radius 2 is 1.89 bits per heavy atom. The van der Waals surface area contributed by atoms with Gasteiger partial charge in [-0.3, -0.25) is 24.6 Å². The molecule has 1 fully saturated rings. The van der Waals surface area contributed by atoms with Crippen LogP contribution >= 0.6 is 34.5 Å². The molecule has 3 heterocycles. The molecule has 8 nitrogen and oxygen atoms in total. The van der Waals surface area contributed by atoms with E-state index in [1.54, 1.807) is 18.2 Å². The van der Waals surface area contributed by atoms with Gasteiger partial charge in [-0.05, 0) is 24.3 Å². The van der Waals surface area contributed by atoms with Gasteiger partial charge in [0.2, 0.25) is 11.8 Å². The Morgan fingerprint density at radius 1 is 1.14 bits per heavy atom. The van der Waals surface area contributed by atoms with Crippen molar-refractivity contribution in [1.29, 1.82) is 0 Å². The first kappa shape index (κ1) is 18.6. The maximum atomic E-state index is 12.5. The number of thiophene rings is 1. The van der Waals surface area contributed by atoms with Gasteiger partial charge >= 0.3 is 6.01 Å². The van der Waals surface area contributed by atoms with Gasteiger partial charge in [-0.15, -0.1) is 16.4 Å². The Labute approximate surface area is 172 Å². The lowest BCUT2D eigenvalue weighted by Gasteiger charge is -2.14. The molecule has 0 spiro atoms. The quantitative estimate of drug-likeness (QED) is 0.619. The average Bonchev–Trinajstić information content (AvgIpc) is 3.34. The van der Waals surface area contributed by atoms with E-state index in [0.29, 0.717) is 19.9 Å². The molecule has 1 aliphatic heterocycles. The van der Waals surface area contributed by atoms with Crippen molar-refractivity contribution in [3.8, 4) is 11.5 Å². The number of rotatable bonds is 4. The molecular formula is C17H10Cl2N4O4S. The molecule has 0 saturated carbocycles. The van der Waals surface area contributed by atoms with Crippen molar-refractivity contribution in [3.63, 3.8) is 0 Å². The summed E-state index contributed by atoms with van der Waals surface area (Å²) in [7, 11) is 0. The Morgan fingerprint density at radius 3 is 2.57 bits per heavy atom. The monoisotopic (exact) mass is 436 g/mol. The topological polar surface area (TPSA) is 105 Å². The van der Waals surface area contributed by atoms with E-state index >= 15 is 0 Å². The summed E-state index contributed by atoms with van der Waals surface area (Å²) in [5.74, 6) is -1.01. The highest BCUT2D eigenvalue weighted by molar-refractivity contribution is 7.20. The largest absolute Gasteiger partial charge is 0.403 e. The van der Waals surface area contributed by atoms with Crippen LogP contribution in [0.3, 0.4) is 0 Å². The third-order valence-electron chi connectivity index (χ3n) is 3.95. The number of carbonyl (C=O) groups excluding carboxylic acids is 3. The van der Waals surface area contributed by atoms with Gasteiger partial charge in [0.05, 0.1) is 15.6 Å². The zero-order valence-electron chi connectivity index (χ0n) is 13.9. The number of hydrogen-bond acceptors (Lipinski definition) is 7. The first-order chi connectivity index (χ1) is 13.4. The van der Waals surface area contributed by atoms with E-state index in [-0.39, 0.29) is 42.1 Å². The van der Waals surface area contributed by atoms with Gasteiger partial charge < -0.3 is 4.42 Å². The molecule has 0 bridgehead atoms. The molecule has 1 N–H and O–H groups in total. The highest BCUT2D eigenvalue weighted by Gasteiger charge is 2.30. The predicted molar refractivity (Wildman–Crippen MR) is 104 cm³/mol. The van der Waals surface area contributed by atoms with E-state index in [1.165, 1.54) is 12.1 Å². The first-order valence-electron chi connectivity index (χ1n) is 7.98. The third-order valence-corrected chi connectivity index (χ3v) is 5.44. The number of halogens is 2. The molecule has 0 radical (unpaired) electrons. The van der Waals surface area contributed by atoms with Crippen molar-refractivity contribution < 1.29 is 18.8 Å². The smallest absolute Gasteiger partial charge is 0.322 e. The summed E-state index contributed by atoms with van der Waals surface area (Å²) >= 11 is 13.1. The number of carbonyl (C=O) groups is 3. The minimum Gasteiger partial charge on any atom is -0.403 e. The second kappa shape index (κ2) is 7.34. The van der Waals surface area contributed by atoms with Crippen LogP contribution in [0, 0.1) is 0 Å². The Balaban J connectivity index is 1.53. The average molecular weight is 437 g/mol. The Kier molecular flexibility index (Phi) is 4.88. The van der Waals surface area contributed by atoms with Crippen LogP contribution < -0.4 is 10.2 Å². The van der Waals surface area contributed by atoms with E-state index in [1.807, 2.05) is 0 Å². The number of anilines is 2. The van der Waals surface area contributed by atoms with Crippen molar-refractivity contribution in [2.45, 2.75) is 12.8 Å². The minimum absolute atomic E-state index is 0.116. The summed E-state index contributed by atoms with van der Waals surface area (Å²) in [5.41, 5.74) is 1.03. The van der Waals surface area contributed by atoms with Gasteiger partial charge in [0.25, 0.3) is 11.8 Å². The molecule has 0 aliphatic carbocycles. The molecule has 0 unspecified atom stereocenters. The van der Waals surface area contributed by atoms with Crippen LogP contribution in [0.25, 0.3) is 11.5 Å². The van der Waals surface area contributed by atoms with Gasteiger partial charge in [-0.2, -0.15) is 0 Å². The van der Waals surface area contributed by atoms with Crippen LogP contribution in [-0.4, -0.2) is 27.9 Å². The van der Waals surface area contributed by atoms with Crippen LogP contribution in [-0.2, 0) is 9.59 Å². The van der Waals surface area contributed by atoms with E-state index in [9.17, 15) is 14.4 Å². The van der Waals surface area contributed by atoms with E-state index in [0.717, 1.165) is 16.2 Å². The van der Waals surface area contributed by atoms with Crippen molar-refractivity contribution in [3.05, 3.63) is 44.6 Å². The fourth-order valence-electron chi connectivity index (χ4n) is 2.69. The van der Waals surface area contributed by atoms with Gasteiger partial charge in [0, 0.05) is 18.4 Å². The molecule has 1 aromatic carbocycles. The normalized spacial score (nSPS) is 14.0. The number of nitrogens with one attached hydrogen (secondary N) is 1. The number of hydrogen-bond donors (Lipinski definition) is 1. The first-order valence-corrected chi connectivity index (χ1v) is 9.55. The SMILES string of the molecule is O=C(Nc1nnc(-c2cc(Cl)sc2Cl)o1)c1cccc(N2C(=O)CCC2=O)c1. The van der Waals surface area contributed by atoms with Crippen molar-refractivity contribution in [2.24, 2.45) is 0 Å². The van der Waals surface area contributed by atoms with Gasteiger partial charge in [0.1, 0.15) is 4.34 Å². The molecule has 28 heavy (non-hydrogen) atoms. The van der Waals surface area contributed by atoms with Crippen LogP contribution in [0.5, 0.6) is 0 Å². The molecule has 2 aromatic heterocycles. The molecule has 0 atom stereocenters. The molecule has 4 rings (SSSR count). The molecule has 3 aromatic rings. The van der Waals surface area contributed by atoms with Gasteiger partial charge in [-0.25, -0.2) is 0 Å². The lowest BCUT2D eigenvalue weighted by Crippen LogP contribution is -2.28. The second-order valence-electron chi connectivity index (χ2n) is 5.78. The third kappa shape index (κ3) is 3.51. The fraction of sp³-hybridized carbons (Fsp3) is 0.118. The molecule has 11 heteroatoms. The van der Waals surface area contributed by atoms with Crippen LogP contribution in [0.2, 0.25) is 8.67 Å². The minimum atomic E-state index is -0.536. The number of nitrogens with zero attached hydrogens (tertiary/aromatic N) is 3. The van der Waals surface area contributed by atoms with Crippen molar-refractivity contribution in [1.82, 2.24) is 10.2 Å². The van der Waals surface area contributed by atoms with E-state index < -0.39 is 5.91 Å². The van der Waals surface area contributed by atoms with Gasteiger partial charge in [-0.1, -0.05) is 34.4 Å². The summed E-state index contributed by atoms with van der Waals surface area (Å²) in [6, 6.07) is 7.61. The zero-order valence-corrected chi connectivity index (χ0v) is 16.3. The Bertz CT molecular complexity index is 1090. The van der Waals surface area contributed by atoms with Crippen LogP contribution in [0.1, 0.15) is 23.2 Å². The number of aromatic nitrogens is 2. The van der Waals surface area contributed by atoms with Crippen LogP contribution in [0.4, 0.5) is 11.7 Å². The highest BCUT2D eigenvalue weighted by Crippen LogP contribution is 2.37. The van der Waals surface area contributed by atoms with E-state index in [4.69, 9.17) is 27.6 Å². The van der Waals surface area contributed by atoms with E-state index in [2.05, 4.69) is 15.5 Å². The Hall–Kier alpha value is -2.75. The maximum absolute atomic E-state index is 12.5. The number of benzene rings is 1. The van der Waals surface area contributed by atoms with Crippen molar-refractivity contribution >= 4 is 64.0 Å². The maximum Gasteiger partial charge on any atom is 0.322 e. The summed E-state index contributed by atoms with van der Waals surface area (Å²) in [4.78, 5) is 37.3. The molecule has 1 aliphatic rings. The molecule has 1 saturated heterocycles. The lowest BCUT2D eigenvalue weighted by molar-refractivity contribution is -0.121. The molecule has 3 amide bonds. The lowest BCUT2D eigenvalue weighted by atomic mass is 10.2. The molecule has 142 valence electrons. The summed E-state index contributed by atoms with van der Waals surface area (Å²) in [5, 5.41) is 10.1. The van der Waals surface area contributed by atoms with Gasteiger partial charge in [0.15, 0.2) is 0 Å². The summed E-state index contributed by atoms with van der Waals surface area (Å²) in [6.07, 6.45) is 0.324. The fourth-order valence-corrected chi connectivity index (χ4v) is 4.14. The second-order valence-corrected chi connectivity index (χ2v) is 8.06. The van der Waals surface area contributed by atoms with Crippen LogP contribution in [0.15, 0.2) is 34.7 Å². The van der Waals surface area contributed by atoms with Crippen molar-refractivity contribution in [2.75, 3.05) is 10.2 Å². The standard InChI is InChI=1S/C17H10Cl2N4O4S/c18-11-7-10(14(19)28-11)16-21-22-17(27-16)20-15(26)8-2-1-3-9(6-8)23-12(24)4-5-13(23)25/h1-3,6-7H,4-5H2,(H,20,22,26). The predicted octanol–water partition coefficient (Wildman–Crippen LogP) is 4.01. The summed E-state index contributed by atoms with van der Waals surface area (Å²) < 4.78 is 6.26. The number of amides is 3. The zero-order chi connectivity index (χ0) is 19.8. The summed E-state index contributed by atoms with van der Waals surface area (Å²) in [6.45, 7) is 0. The highest BCUT2D eigenvalue weighted by atomic mass is 35.5. The molecular weight excluding hydrogens is 427 g/mol. The number of imide groups is 1.